The number of aliphatic hydroxyl groups is 1. The summed E-state index contributed by atoms with van der Waals surface area (Å²) < 4.78 is 5.44. The maximum absolute atomic E-state index is 12.1. The Kier molecular flexibility index (Phi) is 3.39. The molecule has 4 heteroatoms. The van der Waals surface area contributed by atoms with E-state index < -0.39 is 0 Å². The number of fused-ring (bicyclic) bond motifs is 1. The molecule has 0 unspecified atom stereocenters. The number of nitrogens with zero attached hydrogens (tertiary/aromatic N) is 1. The summed E-state index contributed by atoms with van der Waals surface area (Å²) in [6, 6.07) is 15.2. The number of ether oxygens (including phenoxy) is 1. The molecule has 1 amide bonds. The molecule has 4 nitrogen and oxygen atoms in total. The summed E-state index contributed by atoms with van der Waals surface area (Å²) in [5.41, 5.74) is 2.60. The molecule has 2 aromatic carbocycles. The van der Waals surface area contributed by atoms with Gasteiger partial charge in [-0.05, 0) is 23.3 Å². The zero-order chi connectivity index (χ0) is 13.9. The van der Waals surface area contributed by atoms with Crippen molar-refractivity contribution >= 4 is 11.6 Å². The molecule has 20 heavy (non-hydrogen) atoms. The van der Waals surface area contributed by atoms with Crippen LogP contribution in [0.3, 0.4) is 0 Å². The Morgan fingerprint density at radius 2 is 1.90 bits per heavy atom. The normalized spacial score (nSPS) is 13.8. The summed E-state index contributed by atoms with van der Waals surface area (Å²) in [7, 11) is 0. The average molecular weight is 269 g/mol. The molecule has 0 fully saturated rings. The fraction of sp³-hybridized carbons (Fsp3) is 0.188. The number of rotatable bonds is 3. The zero-order valence-electron chi connectivity index (χ0n) is 11.0. The van der Waals surface area contributed by atoms with Gasteiger partial charge in [0.15, 0.2) is 6.61 Å². The first-order valence-corrected chi connectivity index (χ1v) is 6.49. The SMILES string of the molecule is O=C1COc2cc(CO)ccc2N1Cc1ccccc1. The van der Waals surface area contributed by atoms with Crippen molar-refractivity contribution in [2.24, 2.45) is 0 Å². The second-order valence-corrected chi connectivity index (χ2v) is 4.71. The van der Waals surface area contributed by atoms with Crippen molar-refractivity contribution in [3.63, 3.8) is 0 Å². The van der Waals surface area contributed by atoms with Gasteiger partial charge in [-0.2, -0.15) is 0 Å². The van der Waals surface area contributed by atoms with Gasteiger partial charge in [-0.3, -0.25) is 4.79 Å². The zero-order valence-corrected chi connectivity index (χ0v) is 11.0. The highest BCUT2D eigenvalue weighted by Gasteiger charge is 2.25. The molecule has 0 bridgehead atoms. The van der Waals surface area contributed by atoms with Crippen molar-refractivity contribution in [3.8, 4) is 5.75 Å². The highest BCUT2D eigenvalue weighted by Crippen LogP contribution is 2.33. The van der Waals surface area contributed by atoms with E-state index in [1.807, 2.05) is 36.4 Å². The van der Waals surface area contributed by atoms with E-state index in [0.29, 0.717) is 12.3 Å². The van der Waals surface area contributed by atoms with Crippen LogP contribution in [0.15, 0.2) is 48.5 Å². The Labute approximate surface area is 117 Å². The lowest BCUT2D eigenvalue weighted by Gasteiger charge is -2.29. The smallest absolute Gasteiger partial charge is 0.265 e. The molecule has 0 saturated heterocycles. The summed E-state index contributed by atoms with van der Waals surface area (Å²) in [5, 5.41) is 9.16. The minimum atomic E-state index is -0.0573. The average Bonchev–Trinajstić information content (AvgIpc) is 2.50. The number of benzene rings is 2. The third-order valence-corrected chi connectivity index (χ3v) is 3.33. The Morgan fingerprint density at radius 3 is 2.65 bits per heavy atom. The van der Waals surface area contributed by atoms with Gasteiger partial charge < -0.3 is 14.7 Å². The summed E-state index contributed by atoms with van der Waals surface area (Å²) in [6.07, 6.45) is 0. The topological polar surface area (TPSA) is 49.8 Å². The Hall–Kier alpha value is -2.33. The van der Waals surface area contributed by atoms with Gasteiger partial charge in [0.25, 0.3) is 5.91 Å². The largest absolute Gasteiger partial charge is 0.482 e. The molecule has 2 aromatic rings. The van der Waals surface area contributed by atoms with Crippen LogP contribution in [0.25, 0.3) is 0 Å². The Morgan fingerprint density at radius 1 is 1.10 bits per heavy atom. The molecule has 0 radical (unpaired) electrons. The van der Waals surface area contributed by atoms with Crippen molar-refractivity contribution in [1.82, 2.24) is 0 Å². The fourth-order valence-corrected chi connectivity index (χ4v) is 2.29. The minimum Gasteiger partial charge on any atom is -0.482 e. The third-order valence-electron chi connectivity index (χ3n) is 3.33. The molecule has 1 aliphatic heterocycles. The number of aliphatic hydroxyl groups excluding tert-OH is 1. The van der Waals surface area contributed by atoms with Crippen molar-refractivity contribution in [1.29, 1.82) is 0 Å². The molecular weight excluding hydrogens is 254 g/mol. The van der Waals surface area contributed by atoms with Gasteiger partial charge in [-0.15, -0.1) is 0 Å². The van der Waals surface area contributed by atoms with E-state index in [4.69, 9.17) is 9.84 Å². The Balaban J connectivity index is 1.93. The van der Waals surface area contributed by atoms with Crippen LogP contribution in [0.2, 0.25) is 0 Å². The fourth-order valence-electron chi connectivity index (χ4n) is 2.29. The van der Waals surface area contributed by atoms with E-state index in [0.717, 1.165) is 16.8 Å². The van der Waals surface area contributed by atoms with Crippen molar-refractivity contribution in [2.45, 2.75) is 13.2 Å². The van der Waals surface area contributed by atoms with E-state index >= 15 is 0 Å². The molecular formula is C16H15NO3. The Bertz CT molecular complexity index is 625. The first-order valence-electron chi connectivity index (χ1n) is 6.49. The molecule has 0 spiro atoms. The monoisotopic (exact) mass is 269 g/mol. The molecule has 1 N–H and O–H groups in total. The molecule has 102 valence electrons. The minimum absolute atomic E-state index is 0.0364. The number of carbonyl (C=O) groups excluding carboxylic acids is 1. The van der Waals surface area contributed by atoms with Crippen LogP contribution in [0.5, 0.6) is 5.75 Å². The third kappa shape index (κ3) is 2.38. The van der Waals surface area contributed by atoms with E-state index in [1.54, 1.807) is 17.0 Å². The summed E-state index contributed by atoms with van der Waals surface area (Å²) in [5.74, 6) is 0.588. The van der Waals surface area contributed by atoms with Gasteiger partial charge >= 0.3 is 0 Å². The van der Waals surface area contributed by atoms with Gasteiger partial charge in [0.1, 0.15) is 5.75 Å². The second kappa shape index (κ2) is 5.35. The van der Waals surface area contributed by atoms with E-state index in [1.165, 1.54) is 0 Å². The second-order valence-electron chi connectivity index (χ2n) is 4.71. The number of hydrogen-bond acceptors (Lipinski definition) is 3. The van der Waals surface area contributed by atoms with Crippen molar-refractivity contribution < 1.29 is 14.6 Å². The van der Waals surface area contributed by atoms with Crippen LogP contribution < -0.4 is 9.64 Å². The molecule has 0 saturated carbocycles. The quantitative estimate of drug-likeness (QED) is 0.928. The molecule has 0 aliphatic carbocycles. The summed E-state index contributed by atoms with van der Waals surface area (Å²) in [6.45, 7) is 0.520. The summed E-state index contributed by atoms with van der Waals surface area (Å²) in [4.78, 5) is 13.8. The predicted molar refractivity (Wildman–Crippen MR) is 75.5 cm³/mol. The van der Waals surface area contributed by atoms with Crippen molar-refractivity contribution in [2.75, 3.05) is 11.5 Å². The lowest BCUT2D eigenvalue weighted by Crippen LogP contribution is -2.38. The van der Waals surface area contributed by atoms with Gasteiger partial charge in [0.05, 0.1) is 18.8 Å². The van der Waals surface area contributed by atoms with Gasteiger partial charge in [-0.25, -0.2) is 0 Å². The van der Waals surface area contributed by atoms with E-state index in [9.17, 15) is 4.79 Å². The van der Waals surface area contributed by atoms with Crippen LogP contribution in [0.1, 0.15) is 11.1 Å². The van der Waals surface area contributed by atoms with Crippen LogP contribution in [-0.4, -0.2) is 17.6 Å². The van der Waals surface area contributed by atoms with Crippen LogP contribution >= 0.6 is 0 Å². The first kappa shape index (κ1) is 12.7. The molecule has 0 atom stereocenters. The number of carbonyl (C=O) groups is 1. The molecule has 1 heterocycles. The van der Waals surface area contributed by atoms with Crippen LogP contribution in [-0.2, 0) is 17.9 Å². The standard InChI is InChI=1S/C16H15NO3/c18-10-13-6-7-14-15(8-13)20-11-16(19)17(14)9-12-4-2-1-3-5-12/h1-8,18H,9-11H2. The number of hydrogen-bond donors (Lipinski definition) is 1. The van der Waals surface area contributed by atoms with Gasteiger partial charge in [-0.1, -0.05) is 36.4 Å². The van der Waals surface area contributed by atoms with Gasteiger partial charge in [0.2, 0.25) is 0 Å². The van der Waals surface area contributed by atoms with E-state index in [-0.39, 0.29) is 19.1 Å². The van der Waals surface area contributed by atoms with E-state index in [2.05, 4.69) is 0 Å². The maximum Gasteiger partial charge on any atom is 0.265 e. The predicted octanol–water partition coefficient (Wildman–Crippen LogP) is 2.10. The van der Waals surface area contributed by atoms with Crippen LogP contribution in [0.4, 0.5) is 5.69 Å². The summed E-state index contributed by atoms with van der Waals surface area (Å²) >= 11 is 0. The van der Waals surface area contributed by atoms with Crippen molar-refractivity contribution in [3.05, 3.63) is 59.7 Å². The van der Waals surface area contributed by atoms with Crippen LogP contribution in [0, 0.1) is 0 Å². The lowest BCUT2D eigenvalue weighted by atomic mass is 10.1. The number of anilines is 1. The highest BCUT2D eigenvalue weighted by molar-refractivity contribution is 5.97. The molecule has 3 rings (SSSR count). The maximum atomic E-state index is 12.1. The number of amides is 1. The van der Waals surface area contributed by atoms with Gasteiger partial charge in [0, 0.05) is 0 Å². The lowest BCUT2D eigenvalue weighted by molar-refractivity contribution is -0.121. The highest BCUT2D eigenvalue weighted by atomic mass is 16.5. The molecule has 0 aromatic heterocycles. The first-order chi connectivity index (χ1) is 9.78. The molecule has 1 aliphatic rings.